The Morgan fingerprint density at radius 2 is 1.88 bits per heavy atom. The van der Waals surface area contributed by atoms with Crippen molar-refractivity contribution in [1.82, 2.24) is 25.0 Å². The van der Waals surface area contributed by atoms with Gasteiger partial charge in [-0.25, -0.2) is 14.8 Å². The number of ether oxygens (including phenoxy) is 1. The van der Waals surface area contributed by atoms with Gasteiger partial charge in [0.15, 0.2) is 17.2 Å². The van der Waals surface area contributed by atoms with E-state index in [0.29, 0.717) is 24.6 Å². The van der Waals surface area contributed by atoms with Crippen LogP contribution in [0.25, 0.3) is 5.65 Å². The second-order valence-electron chi connectivity index (χ2n) is 9.05. The van der Waals surface area contributed by atoms with Crippen LogP contribution in [0.5, 0.6) is 0 Å². The second kappa shape index (κ2) is 8.60. The van der Waals surface area contributed by atoms with Gasteiger partial charge in [-0.2, -0.15) is 0 Å². The van der Waals surface area contributed by atoms with Gasteiger partial charge in [0.05, 0.1) is 31.0 Å². The van der Waals surface area contributed by atoms with Crippen LogP contribution in [-0.4, -0.2) is 64.7 Å². The number of para-hydroxylation sites is 1. The number of anilines is 2. The van der Waals surface area contributed by atoms with Crippen molar-refractivity contribution in [3.63, 3.8) is 0 Å². The Labute approximate surface area is 196 Å². The molecule has 1 aliphatic carbocycles. The van der Waals surface area contributed by atoms with Crippen LogP contribution in [0.3, 0.4) is 0 Å². The quantitative estimate of drug-likeness (QED) is 0.549. The summed E-state index contributed by atoms with van der Waals surface area (Å²) in [5.74, 6) is 0.594. The van der Waals surface area contributed by atoms with E-state index in [2.05, 4.69) is 25.8 Å². The predicted octanol–water partition coefficient (Wildman–Crippen LogP) is 2.14. The van der Waals surface area contributed by atoms with E-state index in [1.54, 1.807) is 6.20 Å². The number of nitrogens with zero attached hydrogens (tertiary/aromatic N) is 4. The Hall–Kier alpha value is -3.66. The molecule has 0 radical (unpaired) electrons. The van der Waals surface area contributed by atoms with Crippen molar-refractivity contribution in [2.45, 2.75) is 37.3 Å². The standard InChI is InChI=1S/C24H27N7O3/c32-23(26-16-4-2-1-3-5-16)19-20(15-6-7-17-18(14-15)28-24(33)27-17)31-9-8-25-21(22(31)29-19)30-10-12-34-13-11-30/h1-5,8-9,15,17-18H,6-7,10-14H2,(H,26,32)(H2,27,28,33). The lowest BCUT2D eigenvalue weighted by atomic mass is 9.80. The summed E-state index contributed by atoms with van der Waals surface area (Å²) in [6, 6.07) is 9.47. The second-order valence-corrected chi connectivity index (χ2v) is 9.05. The molecule has 3 aromatic rings. The fourth-order valence-electron chi connectivity index (χ4n) is 5.38. The minimum absolute atomic E-state index is 0.0439. The molecule has 1 saturated carbocycles. The van der Waals surface area contributed by atoms with Gasteiger partial charge in [0.2, 0.25) is 0 Å². The van der Waals surface area contributed by atoms with Crippen LogP contribution in [0.15, 0.2) is 42.7 Å². The molecule has 0 spiro atoms. The molecule has 3 N–H and O–H groups in total. The first-order valence-electron chi connectivity index (χ1n) is 11.8. The fraction of sp³-hybridized carbons (Fsp3) is 0.417. The van der Waals surface area contributed by atoms with Crippen molar-refractivity contribution in [3.05, 3.63) is 54.1 Å². The third-order valence-electron chi connectivity index (χ3n) is 6.99. The Morgan fingerprint density at radius 1 is 1.09 bits per heavy atom. The van der Waals surface area contributed by atoms with Gasteiger partial charge in [-0.05, 0) is 31.4 Å². The van der Waals surface area contributed by atoms with Crippen LogP contribution >= 0.6 is 0 Å². The molecule has 3 atom stereocenters. The summed E-state index contributed by atoms with van der Waals surface area (Å²) < 4.78 is 7.53. The number of carbonyl (C=O) groups is 2. The van der Waals surface area contributed by atoms with Crippen LogP contribution < -0.4 is 20.9 Å². The molecule has 3 unspecified atom stereocenters. The number of benzene rings is 1. The molecule has 3 fully saturated rings. The monoisotopic (exact) mass is 461 g/mol. The zero-order valence-electron chi connectivity index (χ0n) is 18.7. The Bertz CT molecular complexity index is 1220. The lowest BCUT2D eigenvalue weighted by Crippen LogP contribution is -2.39. The highest BCUT2D eigenvalue weighted by Gasteiger charge is 2.40. The number of morpholine rings is 1. The van der Waals surface area contributed by atoms with E-state index in [1.807, 2.05) is 40.9 Å². The summed E-state index contributed by atoms with van der Waals surface area (Å²) in [5.41, 5.74) is 2.68. The summed E-state index contributed by atoms with van der Waals surface area (Å²) in [4.78, 5) is 37.0. The van der Waals surface area contributed by atoms with Crippen molar-refractivity contribution in [2.24, 2.45) is 0 Å². The average Bonchev–Trinajstić information content (AvgIpc) is 3.44. The zero-order valence-corrected chi connectivity index (χ0v) is 18.7. The number of imidazole rings is 1. The summed E-state index contributed by atoms with van der Waals surface area (Å²) in [6.07, 6.45) is 6.11. The summed E-state index contributed by atoms with van der Waals surface area (Å²) in [6.45, 7) is 2.72. The van der Waals surface area contributed by atoms with Gasteiger partial charge >= 0.3 is 6.03 Å². The molecule has 3 amide bonds. The number of carbonyl (C=O) groups excluding carboxylic acids is 2. The highest BCUT2D eigenvalue weighted by Crippen LogP contribution is 2.37. The highest BCUT2D eigenvalue weighted by atomic mass is 16.5. The van der Waals surface area contributed by atoms with Crippen LogP contribution in [0.2, 0.25) is 0 Å². The summed E-state index contributed by atoms with van der Waals surface area (Å²) in [7, 11) is 0. The maximum Gasteiger partial charge on any atom is 0.315 e. The van der Waals surface area contributed by atoms with Gasteiger partial charge in [-0.3, -0.25) is 9.20 Å². The van der Waals surface area contributed by atoms with E-state index in [4.69, 9.17) is 9.72 Å². The third-order valence-corrected chi connectivity index (χ3v) is 6.99. The highest BCUT2D eigenvalue weighted by molar-refractivity contribution is 6.04. The molecule has 1 aromatic carbocycles. The van der Waals surface area contributed by atoms with Crippen molar-refractivity contribution in [3.8, 4) is 0 Å². The average molecular weight is 462 g/mol. The van der Waals surface area contributed by atoms with E-state index >= 15 is 0 Å². The van der Waals surface area contributed by atoms with Crippen LogP contribution in [0.4, 0.5) is 16.3 Å². The number of aromatic nitrogens is 3. The number of urea groups is 1. The molecular formula is C24H27N7O3. The Kier molecular flexibility index (Phi) is 5.29. The Morgan fingerprint density at radius 3 is 2.71 bits per heavy atom. The molecule has 10 heteroatoms. The predicted molar refractivity (Wildman–Crippen MR) is 126 cm³/mol. The lowest BCUT2D eigenvalue weighted by molar-refractivity contribution is 0.102. The maximum absolute atomic E-state index is 13.5. The van der Waals surface area contributed by atoms with E-state index < -0.39 is 0 Å². The minimum Gasteiger partial charge on any atom is -0.378 e. The first-order valence-corrected chi connectivity index (χ1v) is 11.8. The SMILES string of the molecule is O=C1NC2CCC(c3c(C(=O)Nc4ccccc4)nc4c(N5CCOCC5)nccn34)CC2N1. The maximum atomic E-state index is 13.5. The summed E-state index contributed by atoms with van der Waals surface area (Å²) in [5, 5.41) is 9.03. The van der Waals surface area contributed by atoms with E-state index in [1.165, 1.54) is 0 Å². The van der Waals surface area contributed by atoms with Crippen molar-refractivity contribution >= 4 is 29.1 Å². The van der Waals surface area contributed by atoms with E-state index in [9.17, 15) is 9.59 Å². The lowest BCUT2D eigenvalue weighted by Gasteiger charge is -2.31. The molecule has 176 valence electrons. The molecule has 0 bridgehead atoms. The smallest absolute Gasteiger partial charge is 0.315 e. The number of rotatable bonds is 4. The topological polar surface area (TPSA) is 113 Å². The molecule has 2 aliphatic heterocycles. The van der Waals surface area contributed by atoms with Crippen LogP contribution in [0, 0.1) is 0 Å². The van der Waals surface area contributed by atoms with Crippen LogP contribution in [0.1, 0.15) is 41.4 Å². The van der Waals surface area contributed by atoms with Gasteiger partial charge in [-0.1, -0.05) is 18.2 Å². The molecule has 2 aromatic heterocycles. The van der Waals surface area contributed by atoms with Gasteiger partial charge in [-0.15, -0.1) is 0 Å². The Balaban J connectivity index is 1.42. The largest absolute Gasteiger partial charge is 0.378 e. The minimum atomic E-state index is -0.242. The molecular weight excluding hydrogens is 434 g/mol. The molecule has 3 aliphatic rings. The van der Waals surface area contributed by atoms with Gasteiger partial charge in [0.25, 0.3) is 5.91 Å². The zero-order chi connectivity index (χ0) is 23.1. The third kappa shape index (κ3) is 3.73. The molecule has 4 heterocycles. The van der Waals surface area contributed by atoms with Gasteiger partial charge in [0, 0.05) is 37.1 Å². The van der Waals surface area contributed by atoms with Gasteiger partial charge < -0.3 is 25.6 Å². The van der Waals surface area contributed by atoms with Crippen molar-refractivity contribution in [2.75, 3.05) is 36.5 Å². The number of hydrogen-bond donors (Lipinski definition) is 3. The summed E-state index contributed by atoms with van der Waals surface area (Å²) >= 11 is 0. The molecule has 6 rings (SSSR count). The van der Waals surface area contributed by atoms with E-state index in [-0.39, 0.29) is 29.9 Å². The number of fused-ring (bicyclic) bond motifs is 2. The number of hydrogen-bond acceptors (Lipinski definition) is 6. The number of amides is 3. The van der Waals surface area contributed by atoms with Gasteiger partial charge in [0.1, 0.15) is 0 Å². The molecule has 2 saturated heterocycles. The van der Waals surface area contributed by atoms with E-state index in [0.717, 1.165) is 49.6 Å². The first kappa shape index (κ1) is 20.9. The van der Waals surface area contributed by atoms with Crippen LogP contribution in [-0.2, 0) is 4.74 Å². The number of nitrogens with one attached hydrogen (secondary N) is 3. The molecule has 10 nitrogen and oxygen atoms in total. The normalized spacial score (nSPS) is 24.4. The molecule has 34 heavy (non-hydrogen) atoms. The van der Waals surface area contributed by atoms with Crippen molar-refractivity contribution < 1.29 is 14.3 Å². The fourth-order valence-corrected chi connectivity index (χ4v) is 5.38. The first-order chi connectivity index (χ1) is 16.7. The van der Waals surface area contributed by atoms with Crippen molar-refractivity contribution in [1.29, 1.82) is 0 Å².